The largest absolute Gasteiger partial charge is 0.353 e. The standard InChI is InChI=1S/C16H20N4OS/c1-2-15-18-13(12-22-15)11-16(21)20-9-7-19(8-10-20)14-5-3-4-6-17-14/h3-6,12H,2,7-11H2,1H3. The average molecular weight is 316 g/mol. The Morgan fingerprint density at radius 2 is 2.09 bits per heavy atom. The van der Waals surface area contributed by atoms with Crippen LogP contribution in [0.15, 0.2) is 29.8 Å². The van der Waals surface area contributed by atoms with Gasteiger partial charge in [-0.1, -0.05) is 13.0 Å². The zero-order chi connectivity index (χ0) is 15.4. The molecule has 3 rings (SSSR count). The van der Waals surface area contributed by atoms with Crippen molar-refractivity contribution in [3.63, 3.8) is 0 Å². The number of hydrogen-bond donors (Lipinski definition) is 0. The Labute approximate surface area is 134 Å². The van der Waals surface area contributed by atoms with Crippen molar-refractivity contribution in [2.24, 2.45) is 0 Å². The number of amides is 1. The van der Waals surface area contributed by atoms with Crippen LogP contribution in [0.5, 0.6) is 0 Å². The second kappa shape index (κ2) is 6.87. The second-order valence-corrected chi connectivity index (χ2v) is 6.26. The van der Waals surface area contributed by atoms with E-state index in [1.165, 1.54) is 0 Å². The lowest BCUT2D eigenvalue weighted by atomic mass is 10.2. The van der Waals surface area contributed by atoms with Crippen LogP contribution in [-0.4, -0.2) is 47.0 Å². The molecule has 1 aliphatic heterocycles. The monoisotopic (exact) mass is 316 g/mol. The van der Waals surface area contributed by atoms with E-state index in [9.17, 15) is 4.79 Å². The highest BCUT2D eigenvalue weighted by molar-refractivity contribution is 7.09. The number of aryl methyl sites for hydroxylation is 1. The summed E-state index contributed by atoms with van der Waals surface area (Å²) in [5, 5.41) is 3.10. The van der Waals surface area contributed by atoms with Crippen LogP contribution in [0.1, 0.15) is 17.6 Å². The summed E-state index contributed by atoms with van der Waals surface area (Å²) in [6, 6.07) is 5.92. The van der Waals surface area contributed by atoms with Gasteiger partial charge in [0.05, 0.1) is 17.1 Å². The fourth-order valence-electron chi connectivity index (χ4n) is 2.58. The molecule has 2 aromatic rings. The molecule has 2 aromatic heterocycles. The van der Waals surface area contributed by atoms with Gasteiger partial charge < -0.3 is 9.80 Å². The fraction of sp³-hybridized carbons (Fsp3) is 0.438. The Bertz CT molecular complexity index is 620. The number of piperazine rings is 1. The maximum absolute atomic E-state index is 12.4. The van der Waals surface area contributed by atoms with Crippen molar-refractivity contribution in [3.05, 3.63) is 40.5 Å². The van der Waals surface area contributed by atoms with E-state index in [-0.39, 0.29) is 5.91 Å². The molecule has 22 heavy (non-hydrogen) atoms. The first-order valence-electron chi connectivity index (χ1n) is 7.63. The molecule has 1 aliphatic rings. The van der Waals surface area contributed by atoms with Crippen molar-refractivity contribution in [3.8, 4) is 0 Å². The Hall–Kier alpha value is -1.95. The van der Waals surface area contributed by atoms with Crippen molar-refractivity contribution in [2.75, 3.05) is 31.1 Å². The Morgan fingerprint density at radius 1 is 1.27 bits per heavy atom. The third kappa shape index (κ3) is 3.44. The molecule has 0 saturated carbocycles. The lowest BCUT2D eigenvalue weighted by Gasteiger charge is -2.35. The van der Waals surface area contributed by atoms with E-state index in [0.29, 0.717) is 6.42 Å². The lowest BCUT2D eigenvalue weighted by molar-refractivity contribution is -0.130. The summed E-state index contributed by atoms with van der Waals surface area (Å²) in [4.78, 5) is 25.4. The first-order valence-corrected chi connectivity index (χ1v) is 8.51. The summed E-state index contributed by atoms with van der Waals surface area (Å²) in [6.07, 6.45) is 3.15. The van der Waals surface area contributed by atoms with E-state index in [1.54, 1.807) is 17.5 Å². The van der Waals surface area contributed by atoms with Gasteiger partial charge in [0, 0.05) is 37.8 Å². The summed E-state index contributed by atoms with van der Waals surface area (Å²) < 4.78 is 0. The summed E-state index contributed by atoms with van der Waals surface area (Å²) in [5.74, 6) is 1.16. The fourth-order valence-corrected chi connectivity index (χ4v) is 3.33. The van der Waals surface area contributed by atoms with Gasteiger partial charge in [-0.15, -0.1) is 11.3 Å². The van der Waals surface area contributed by atoms with Gasteiger partial charge in [-0.3, -0.25) is 4.79 Å². The summed E-state index contributed by atoms with van der Waals surface area (Å²) in [6.45, 7) is 5.25. The van der Waals surface area contributed by atoms with Crippen LogP contribution in [0.25, 0.3) is 0 Å². The van der Waals surface area contributed by atoms with E-state index in [2.05, 4.69) is 21.8 Å². The maximum Gasteiger partial charge on any atom is 0.228 e. The third-order valence-electron chi connectivity index (χ3n) is 3.84. The van der Waals surface area contributed by atoms with Crippen LogP contribution in [0, 0.1) is 0 Å². The van der Waals surface area contributed by atoms with E-state index < -0.39 is 0 Å². The van der Waals surface area contributed by atoms with Crippen molar-refractivity contribution >= 4 is 23.1 Å². The Kier molecular flexibility index (Phi) is 4.68. The Morgan fingerprint density at radius 3 is 2.73 bits per heavy atom. The van der Waals surface area contributed by atoms with Crippen molar-refractivity contribution < 1.29 is 4.79 Å². The van der Waals surface area contributed by atoms with Crippen molar-refractivity contribution in [1.29, 1.82) is 0 Å². The number of rotatable bonds is 4. The number of aromatic nitrogens is 2. The molecule has 1 saturated heterocycles. The first-order chi connectivity index (χ1) is 10.8. The molecule has 0 aromatic carbocycles. The maximum atomic E-state index is 12.4. The molecule has 3 heterocycles. The minimum Gasteiger partial charge on any atom is -0.353 e. The third-order valence-corrected chi connectivity index (χ3v) is 4.88. The molecule has 1 fully saturated rings. The molecule has 0 bridgehead atoms. The van der Waals surface area contributed by atoms with E-state index in [1.807, 2.05) is 28.5 Å². The predicted molar refractivity (Wildman–Crippen MR) is 88.2 cm³/mol. The molecular formula is C16H20N4OS. The number of carbonyl (C=O) groups excluding carboxylic acids is 1. The van der Waals surface area contributed by atoms with Gasteiger partial charge in [0.1, 0.15) is 5.82 Å². The number of hydrogen-bond acceptors (Lipinski definition) is 5. The van der Waals surface area contributed by atoms with Gasteiger partial charge in [0.15, 0.2) is 0 Å². The highest BCUT2D eigenvalue weighted by Crippen LogP contribution is 2.15. The molecule has 0 aliphatic carbocycles. The molecular weight excluding hydrogens is 296 g/mol. The van der Waals surface area contributed by atoms with Gasteiger partial charge in [-0.2, -0.15) is 0 Å². The summed E-state index contributed by atoms with van der Waals surface area (Å²) in [5.41, 5.74) is 0.902. The van der Waals surface area contributed by atoms with Crippen LogP contribution in [-0.2, 0) is 17.6 Å². The number of carbonyl (C=O) groups is 1. The predicted octanol–water partition coefficient (Wildman–Crippen LogP) is 1.99. The minimum atomic E-state index is 0.175. The summed E-state index contributed by atoms with van der Waals surface area (Å²) in [7, 11) is 0. The molecule has 116 valence electrons. The van der Waals surface area contributed by atoms with Crippen LogP contribution in [0.2, 0.25) is 0 Å². The molecule has 0 spiro atoms. The zero-order valence-corrected chi connectivity index (χ0v) is 13.6. The number of pyridine rings is 1. The van der Waals surface area contributed by atoms with Crippen LogP contribution in [0.4, 0.5) is 5.82 Å². The zero-order valence-electron chi connectivity index (χ0n) is 12.7. The molecule has 0 unspecified atom stereocenters. The highest BCUT2D eigenvalue weighted by Gasteiger charge is 2.22. The Balaban J connectivity index is 1.53. The highest BCUT2D eigenvalue weighted by atomic mass is 32.1. The van der Waals surface area contributed by atoms with Crippen molar-refractivity contribution in [2.45, 2.75) is 19.8 Å². The van der Waals surface area contributed by atoms with Gasteiger partial charge in [0.2, 0.25) is 5.91 Å². The van der Waals surface area contributed by atoms with Gasteiger partial charge in [-0.05, 0) is 18.6 Å². The smallest absolute Gasteiger partial charge is 0.228 e. The second-order valence-electron chi connectivity index (χ2n) is 5.32. The molecule has 0 radical (unpaired) electrons. The van der Waals surface area contributed by atoms with Gasteiger partial charge >= 0.3 is 0 Å². The topological polar surface area (TPSA) is 49.3 Å². The van der Waals surface area contributed by atoms with Gasteiger partial charge in [0.25, 0.3) is 0 Å². The van der Waals surface area contributed by atoms with Crippen LogP contribution >= 0.6 is 11.3 Å². The normalized spacial score (nSPS) is 15.1. The SMILES string of the molecule is CCc1nc(CC(=O)N2CCN(c3ccccn3)CC2)cs1. The quantitative estimate of drug-likeness (QED) is 0.865. The van der Waals surface area contributed by atoms with Gasteiger partial charge in [-0.25, -0.2) is 9.97 Å². The average Bonchev–Trinajstić information content (AvgIpc) is 3.03. The lowest BCUT2D eigenvalue weighted by Crippen LogP contribution is -2.49. The number of anilines is 1. The van der Waals surface area contributed by atoms with E-state index in [4.69, 9.17) is 0 Å². The van der Waals surface area contributed by atoms with Crippen molar-refractivity contribution in [1.82, 2.24) is 14.9 Å². The number of nitrogens with zero attached hydrogens (tertiary/aromatic N) is 4. The molecule has 6 heteroatoms. The summed E-state index contributed by atoms with van der Waals surface area (Å²) >= 11 is 1.64. The van der Waals surface area contributed by atoms with Crippen LogP contribution in [0.3, 0.4) is 0 Å². The molecule has 5 nitrogen and oxygen atoms in total. The van der Waals surface area contributed by atoms with Crippen LogP contribution < -0.4 is 4.90 Å². The van der Waals surface area contributed by atoms with E-state index >= 15 is 0 Å². The number of thiazole rings is 1. The first kappa shape index (κ1) is 15.0. The molecule has 0 N–H and O–H groups in total. The molecule has 0 atom stereocenters. The van der Waals surface area contributed by atoms with E-state index in [0.717, 1.165) is 49.1 Å². The molecule has 1 amide bonds. The minimum absolute atomic E-state index is 0.175.